The molecule has 0 spiro atoms. The zero-order chi connectivity index (χ0) is 25.0. The lowest BCUT2D eigenvalue weighted by Gasteiger charge is -2.34. The fourth-order valence-corrected chi connectivity index (χ4v) is 7.29. The maximum Gasteiger partial charge on any atom is 0.239 e. The zero-order valence-corrected chi connectivity index (χ0v) is 21.3. The average molecular weight is 533 g/mol. The maximum absolute atomic E-state index is 13.4. The summed E-state index contributed by atoms with van der Waals surface area (Å²) in [5.74, 6) is -0.688. The molecular weight excluding hydrogens is 508 g/mol. The van der Waals surface area contributed by atoms with Crippen molar-refractivity contribution >= 4 is 54.9 Å². The number of fused-ring (bicyclic) bond motifs is 1. The van der Waals surface area contributed by atoms with Crippen molar-refractivity contribution in [3.63, 3.8) is 0 Å². The molecular formula is C24H25ClN4O4S2. The van der Waals surface area contributed by atoms with E-state index in [1.54, 1.807) is 24.5 Å². The molecule has 1 N–H and O–H groups in total. The summed E-state index contributed by atoms with van der Waals surface area (Å²) in [6.45, 7) is 4.00. The molecule has 35 heavy (non-hydrogen) atoms. The summed E-state index contributed by atoms with van der Waals surface area (Å²) in [5.41, 5.74) is 1.05. The summed E-state index contributed by atoms with van der Waals surface area (Å²) in [5, 5.41) is 3.29. The Kier molecular flexibility index (Phi) is 7.85. The van der Waals surface area contributed by atoms with Crippen LogP contribution in [-0.4, -0.2) is 67.1 Å². The number of benzene rings is 1. The van der Waals surface area contributed by atoms with Crippen LogP contribution in [0.3, 0.4) is 0 Å². The van der Waals surface area contributed by atoms with Crippen molar-refractivity contribution in [1.29, 1.82) is 0 Å². The normalized spacial score (nSPS) is 15.8. The van der Waals surface area contributed by atoms with Crippen LogP contribution in [0.15, 0.2) is 61.4 Å². The highest BCUT2D eigenvalue weighted by Gasteiger charge is 2.37. The van der Waals surface area contributed by atoms with Gasteiger partial charge < -0.3 is 10.2 Å². The number of pyridine rings is 1. The Balaban J connectivity index is 1.35. The lowest BCUT2D eigenvalue weighted by Crippen LogP contribution is -2.54. The van der Waals surface area contributed by atoms with Gasteiger partial charge in [0.05, 0.1) is 13.1 Å². The van der Waals surface area contributed by atoms with Gasteiger partial charge in [0.2, 0.25) is 21.8 Å². The van der Waals surface area contributed by atoms with Crippen LogP contribution < -0.4 is 5.32 Å². The Morgan fingerprint density at radius 1 is 1.23 bits per heavy atom. The van der Waals surface area contributed by atoms with Crippen LogP contribution in [0.5, 0.6) is 0 Å². The van der Waals surface area contributed by atoms with Crippen molar-refractivity contribution in [2.24, 2.45) is 0 Å². The van der Waals surface area contributed by atoms with Crippen LogP contribution in [0, 0.1) is 0 Å². The Morgan fingerprint density at radius 2 is 2.00 bits per heavy atom. The molecule has 2 aromatic heterocycles. The van der Waals surface area contributed by atoms with Gasteiger partial charge in [0.15, 0.2) is 0 Å². The smallest absolute Gasteiger partial charge is 0.239 e. The van der Waals surface area contributed by atoms with E-state index in [9.17, 15) is 18.0 Å². The van der Waals surface area contributed by atoms with Gasteiger partial charge in [-0.3, -0.25) is 14.6 Å². The first-order valence-corrected chi connectivity index (χ1v) is 13.7. The summed E-state index contributed by atoms with van der Waals surface area (Å²) >= 11 is 7.40. The van der Waals surface area contributed by atoms with E-state index in [0.29, 0.717) is 22.9 Å². The molecule has 1 saturated heterocycles. The summed E-state index contributed by atoms with van der Waals surface area (Å²) in [7, 11) is -3.88. The van der Waals surface area contributed by atoms with Gasteiger partial charge >= 0.3 is 0 Å². The SMILES string of the molecule is C=CC(c1cc2ccc(Cl)cc2s1)S(=O)(=O)N1CCN(CC(=O)NCCc2ccncc2)C(=O)C1. The minimum absolute atomic E-state index is 0.106. The molecule has 3 heterocycles. The molecule has 0 bridgehead atoms. The fraction of sp³-hybridized carbons (Fsp3) is 0.292. The summed E-state index contributed by atoms with van der Waals surface area (Å²) < 4.78 is 28.8. The van der Waals surface area contributed by atoms with Crippen molar-refractivity contribution < 1.29 is 18.0 Å². The molecule has 0 aliphatic carbocycles. The molecule has 184 valence electrons. The highest BCUT2D eigenvalue weighted by Crippen LogP contribution is 2.37. The number of amides is 2. The third kappa shape index (κ3) is 5.90. The molecule has 1 aliphatic rings. The van der Waals surface area contributed by atoms with E-state index in [1.165, 1.54) is 26.6 Å². The first-order chi connectivity index (χ1) is 16.8. The number of aromatic nitrogens is 1. The standard InChI is InChI=1S/C24H25ClN4O4S2/c1-2-22(21-13-18-3-4-19(25)14-20(18)34-21)35(32,33)29-12-11-28(24(31)16-29)15-23(30)27-10-7-17-5-8-26-9-6-17/h2-6,8-9,13-14,22H,1,7,10-12,15-16H2,(H,27,30). The van der Waals surface area contributed by atoms with Crippen LogP contribution in [0.2, 0.25) is 5.02 Å². The summed E-state index contributed by atoms with van der Waals surface area (Å²) in [6.07, 6.45) is 5.42. The third-order valence-electron chi connectivity index (χ3n) is 5.78. The second-order valence-electron chi connectivity index (χ2n) is 8.14. The van der Waals surface area contributed by atoms with Crippen molar-refractivity contribution in [1.82, 2.24) is 19.5 Å². The maximum atomic E-state index is 13.4. The molecule has 1 atom stereocenters. The van der Waals surface area contributed by atoms with Crippen molar-refractivity contribution in [2.45, 2.75) is 11.7 Å². The Labute approximate surface area is 213 Å². The van der Waals surface area contributed by atoms with Gasteiger partial charge in [-0.25, -0.2) is 8.42 Å². The van der Waals surface area contributed by atoms with Gasteiger partial charge in [-0.2, -0.15) is 4.31 Å². The molecule has 1 fully saturated rings. The third-order valence-corrected chi connectivity index (χ3v) is 9.46. The molecule has 8 nitrogen and oxygen atoms in total. The van der Waals surface area contributed by atoms with Gasteiger partial charge in [0.1, 0.15) is 5.25 Å². The van der Waals surface area contributed by atoms with Crippen molar-refractivity contribution in [3.05, 3.63) is 76.9 Å². The van der Waals surface area contributed by atoms with Gasteiger partial charge in [0.25, 0.3) is 0 Å². The second-order valence-corrected chi connectivity index (χ2v) is 11.7. The van der Waals surface area contributed by atoms with Crippen LogP contribution in [-0.2, 0) is 26.0 Å². The minimum atomic E-state index is -3.88. The first kappa shape index (κ1) is 25.3. The molecule has 0 radical (unpaired) electrons. The van der Waals surface area contributed by atoms with Crippen LogP contribution in [0.4, 0.5) is 0 Å². The predicted octanol–water partition coefficient (Wildman–Crippen LogP) is 3.01. The van der Waals surface area contributed by atoms with E-state index in [0.717, 1.165) is 15.6 Å². The molecule has 1 unspecified atom stereocenters. The van der Waals surface area contributed by atoms with E-state index in [4.69, 9.17) is 11.6 Å². The highest BCUT2D eigenvalue weighted by atomic mass is 35.5. The average Bonchev–Trinajstić information content (AvgIpc) is 3.23. The monoisotopic (exact) mass is 532 g/mol. The van der Waals surface area contributed by atoms with Gasteiger partial charge in [-0.15, -0.1) is 17.9 Å². The Hall–Kier alpha value is -2.79. The van der Waals surface area contributed by atoms with E-state index in [-0.39, 0.29) is 32.1 Å². The topological polar surface area (TPSA) is 99.7 Å². The molecule has 1 aliphatic heterocycles. The molecule has 2 amide bonds. The number of carbonyl (C=O) groups is 2. The fourth-order valence-electron chi connectivity index (χ4n) is 3.91. The number of sulfonamides is 1. The van der Waals surface area contributed by atoms with E-state index in [2.05, 4.69) is 16.9 Å². The molecule has 1 aromatic carbocycles. The number of rotatable bonds is 9. The number of halogens is 1. The van der Waals surface area contributed by atoms with Gasteiger partial charge in [-0.1, -0.05) is 23.7 Å². The van der Waals surface area contributed by atoms with Crippen LogP contribution in [0.1, 0.15) is 15.7 Å². The quantitative estimate of drug-likeness (QED) is 0.427. The zero-order valence-electron chi connectivity index (χ0n) is 18.9. The number of hydrogen-bond acceptors (Lipinski definition) is 6. The lowest BCUT2D eigenvalue weighted by molar-refractivity contribution is -0.138. The van der Waals surface area contributed by atoms with E-state index < -0.39 is 21.2 Å². The predicted molar refractivity (Wildman–Crippen MR) is 138 cm³/mol. The number of hydrogen-bond donors (Lipinski definition) is 1. The molecule has 3 aromatic rings. The molecule has 4 rings (SSSR count). The van der Waals surface area contributed by atoms with Crippen LogP contribution >= 0.6 is 22.9 Å². The molecule has 0 saturated carbocycles. The Morgan fingerprint density at radius 3 is 2.71 bits per heavy atom. The van der Waals surface area contributed by atoms with Crippen molar-refractivity contribution in [2.75, 3.05) is 32.7 Å². The van der Waals surface area contributed by atoms with Gasteiger partial charge in [-0.05, 0) is 47.7 Å². The largest absolute Gasteiger partial charge is 0.354 e. The minimum Gasteiger partial charge on any atom is -0.354 e. The first-order valence-electron chi connectivity index (χ1n) is 11.0. The number of carbonyl (C=O) groups excluding carboxylic acids is 2. The molecule has 11 heteroatoms. The number of piperazine rings is 1. The van der Waals surface area contributed by atoms with Crippen molar-refractivity contribution in [3.8, 4) is 0 Å². The van der Waals surface area contributed by atoms with E-state index in [1.807, 2.05) is 24.3 Å². The number of nitrogens with zero attached hydrogens (tertiary/aromatic N) is 3. The number of thiophene rings is 1. The Bertz CT molecular complexity index is 1340. The van der Waals surface area contributed by atoms with Crippen LogP contribution in [0.25, 0.3) is 10.1 Å². The van der Waals surface area contributed by atoms with E-state index >= 15 is 0 Å². The summed E-state index contributed by atoms with van der Waals surface area (Å²) in [6, 6.07) is 11.0. The number of nitrogens with one attached hydrogen (secondary N) is 1. The lowest BCUT2D eigenvalue weighted by atomic mass is 10.2. The highest BCUT2D eigenvalue weighted by molar-refractivity contribution is 7.89. The summed E-state index contributed by atoms with van der Waals surface area (Å²) in [4.78, 5) is 31.0. The van der Waals surface area contributed by atoms with Gasteiger partial charge in [0, 0.05) is 46.6 Å². The second kappa shape index (κ2) is 10.9.